The Morgan fingerprint density at radius 1 is 1.12 bits per heavy atom. The van der Waals surface area contributed by atoms with Crippen molar-refractivity contribution < 1.29 is 29.3 Å². The summed E-state index contributed by atoms with van der Waals surface area (Å²) in [5.41, 5.74) is 2.56. The molecule has 0 bridgehead atoms. The monoisotopic (exact) mass is 473 g/mol. The molecule has 7 nitrogen and oxygen atoms in total. The molecular weight excluding hydrogens is 434 g/mol. The molecule has 2 saturated carbocycles. The lowest BCUT2D eigenvalue weighted by Gasteiger charge is -2.32. The van der Waals surface area contributed by atoms with Crippen LogP contribution < -0.4 is 10.1 Å². The molecule has 7 heteroatoms. The van der Waals surface area contributed by atoms with Crippen LogP contribution in [0.2, 0.25) is 0 Å². The van der Waals surface area contributed by atoms with Gasteiger partial charge in [0.15, 0.2) is 6.61 Å². The summed E-state index contributed by atoms with van der Waals surface area (Å²) >= 11 is 0. The molecule has 0 saturated heterocycles. The highest BCUT2D eigenvalue weighted by Crippen LogP contribution is 2.48. The molecule has 0 aliphatic heterocycles. The number of hydrogen-bond donors (Lipinski definition) is 3. The molecule has 0 spiro atoms. The van der Waals surface area contributed by atoms with Crippen LogP contribution in [0.1, 0.15) is 68.9 Å². The van der Waals surface area contributed by atoms with Crippen molar-refractivity contribution in [1.29, 1.82) is 0 Å². The van der Waals surface area contributed by atoms with E-state index in [1.54, 1.807) is 7.05 Å². The number of benzene rings is 1. The highest BCUT2D eigenvalue weighted by molar-refractivity contribution is 5.71. The number of carboxylic acid groups (broad SMARTS) is 1. The summed E-state index contributed by atoms with van der Waals surface area (Å²) in [6, 6.07) is 6.15. The molecule has 1 aromatic carbocycles. The lowest BCUT2D eigenvalue weighted by molar-refractivity contribution is -0.154. The van der Waals surface area contributed by atoms with Gasteiger partial charge >= 0.3 is 11.9 Å². The Labute approximate surface area is 202 Å². The summed E-state index contributed by atoms with van der Waals surface area (Å²) in [4.78, 5) is 23.3. The molecule has 4 atom stereocenters. The van der Waals surface area contributed by atoms with Gasteiger partial charge in [-0.3, -0.25) is 10.1 Å². The van der Waals surface area contributed by atoms with Crippen molar-refractivity contribution in [3.8, 4) is 5.75 Å². The Morgan fingerprint density at radius 2 is 1.91 bits per heavy atom. The summed E-state index contributed by atoms with van der Waals surface area (Å²) in [5, 5.41) is 21.7. The SMILES string of the molecule is CNC(O)CCC1CCC2Cc3c(cccc3OCC(=O)OC3CCC(CC(=O)O)CC3)CC12. The number of aliphatic carboxylic acids is 1. The molecule has 2 fully saturated rings. The summed E-state index contributed by atoms with van der Waals surface area (Å²) in [5.74, 6) is 1.84. The molecule has 0 aromatic heterocycles. The summed E-state index contributed by atoms with van der Waals surface area (Å²) < 4.78 is 11.6. The topological polar surface area (TPSA) is 105 Å². The minimum absolute atomic E-state index is 0.0931. The fraction of sp³-hybridized carbons (Fsp3) is 0.704. The van der Waals surface area contributed by atoms with Crippen LogP contribution in [0.5, 0.6) is 5.75 Å². The lowest BCUT2D eigenvalue weighted by Crippen LogP contribution is -2.29. The number of aliphatic hydroxyl groups excluding tert-OH is 1. The van der Waals surface area contributed by atoms with Gasteiger partial charge in [-0.2, -0.15) is 0 Å². The van der Waals surface area contributed by atoms with E-state index in [1.807, 2.05) is 12.1 Å². The van der Waals surface area contributed by atoms with E-state index in [2.05, 4.69) is 11.4 Å². The van der Waals surface area contributed by atoms with Gasteiger partial charge in [0, 0.05) is 6.42 Å². The van der Waals surface area contributed by atoms with Gasteiger partial charge in [0.25, 0.3) is 0 Å². The van der Waals surface area contributed by atoms with Crippen molar-refractivity contribution in [3.63, 3.8) is 0 Å². The van der Waals surface area contributed by atoms with Crippen LogP contribution in [0.25, 0.3) is 0 Å². The number of aliphatic hydroxyl groups is 1. The molecule has 3 N–H and O–H groups in total. The molecule has 4 unspecified atom stereocenters. The third-order valence-electron chi connectivity index (χ3n) is 8.32. The Morgan fingerprint density at radius 3 is 2.65 bits per heavy atom. The third kappa shape index (κ3) is 6.30. The molecule has 3 aliphatic rings. The van der Waals surface area contributed by atoms with Crippen molar-refractivity contribution in [1.82, 2.24) is 5.32 Å². The van der Waals surface area contributed by atoms with Gasteiger partial charge in [-0.25, -0.2) is 4.79 Å². The summed E-state index contributed by atoms with van der Waals surface area (Å²) in [6.45, 7) is -0.0931. The predicted molar refractivity (Wildman–Crippen MR) is 127 cm³/mol. The van der Waals surface area contributed by atoms with Gasteiger partial charge in [-0.1, -0.05) is 12.1 Å². The van der Waals surface area contributed by atoms with E-state index in [0.29, 0.717) is 17.8 Å². The molecule has 0 radical (unpaired) electrons. The Balaban J connectivity index is 1.27. The minimum Gasteiger partial charge on any atom is -0.482 e. The number of ether oxygens (including phenoxy) is 2. The van der Waals surface area contributed by atoms with E-state index in [4.69, 9.17) is 14.6 Å². The zero-order valence-electron chi connectivity index (χ0n) is 20.2. The molecule has 0 heterocycles. The highest BCUT2D eigenvalue weighted by Gasteiger charge is 2.40. The van der Waals surface area contributed by atoms with E-state index in [9.17, 15) is 14.7 Å². The zero-order valence-corrected chi connectivity index (χ0v) is 20.2. The second-order valence-electron chi connectivity index (χ2n) is 10.5. The molecule has 34 heavy (non-hydrogen) atoms. The molecule has 188 valence electrons. The molecule has 3 aliphatic carbocycles. The Bertz CT molecular complexity index is 850. The largest absolute Gasteiger partial charge is 0.482 e. The molecule has 4 rings (SSSR count). The third-order valence-corrected chi connectivity index (χ3v) is 8.32. The van der Waals surface area contributed by atoms with E-state index < -0.39 is 12.2 Å². The van der Waals surface area contributed by atoms with E-state index in [0.717, 1.165) is 57.1 Å². The predicted octanol–water partition coefficient (Wildman–Crippen LogP) is 3.70. The number of hydrogen-bond acceptors (Lipinski definition) is 6. The second-order valence-corrected chi connectivity index (χ2v) is 10.5. The first-order valence-electron chi connectivity index (χ1n) is 12.9. The summed E-state index contributed by atoms with van der Waals surface area (Å²) in [7, 11) is 1.79. The number of fused-ring (bicyclic) bond motifs is 2. The van der Waals surface area contributed by atoms with E-state index >= 15 is 0 Å². The smallest absolute Gasteiger partial charge is 0.344 e. The first-order chi connectivity index (χ1) is 16.4. The van der Waals surface area contributed by atoms with Gasteiger partial charge in [-0.05, 0) is 112 Å². The van der Waals surface area contributed by atoms with Crippen molar-refractivity contribution in [2.45, 2.75) is 83.0 Å². The van der Waals surface area contributed by atoms with Crippen LogP contribution >= 0.6 is 0 Å². The van der Waals surface area contributed by atoms with E-state index in [1.165, 1.54) is 24.0 Å². The average molecular weight is 474 g/mol. The summed E-state index contributed by atoms with van der Waals surface area (Å²) in [6.07, 6.45) is 8.97. The van der Waals surface area contributed by atoms with Gasteiger partial charge in [-0.15, -0.1) is 0 Å². The van der Waals surface area contributed by atoms with Crippen molar-refractivity contribution in [2.24, 2.45) is 23.7 Å². The number of nitrogens with one attached hydrogen (secondary N) is 1. The molecule has 1 aromatic rings. The van der Waals surface area contributed by atoms with Crippen LogP contribution in [0.4, 0.5) is 0 Å². The van der Waals surface area contributed by atoms with Crippen LogP contribution in [0.3, 0.4) is 0 Å². The highest BCUT2D eigenvalue weighted by atomic mass is 16.6. The number of carbonyl (C=O) groups excluding carboxylic acids is 1. The lowest BCUT2D eigenvalue weighted by atomic mass is 9.74. The van der Waals surface area contributed by atoms with Gasteiger partial charge in [0.2, 0.25) is 0 Å². The quantitative estimate of drug-likeness (QED) is 0.351. The Hall–Kier alpha value is -2.12. The second kappa shape index (κ2) is 11.5. The maximum absolute atomic E-state index is 12.4. The van der Waals surface area contributed by atoms with Gasteiger partial charge < -0.3 is 19.7 Å². The van der Waals surface area contributed by atoms with Crippen molar-refractivity contribution >= 4 is 11.9 Å². The van der Waals surface area contributed by atoms with Crippen LogP contribution in [0, 0.1) is 23.7 Å². The Kier molecular flexibility index (Phi) is 8.48. The fourth-order valence-electron chi connectivity index (χ4n) is 6.45. The van der Waals surface area contributed by atoms with Crippen LogP contribution in [-0.2, 0) is 27.2 Å². The normalized spacial score (nSPS) is 29.1. The zero-order chi connectivity index (χ0) is 24.1. The number of rotatable bonds is 10. The van der Waals surface area contributed by atoms with Crippen molar-refractivity contribution in [3.05, 3.63) is 29.3 Å². The van der Waals surface area contributed by atoms with Crippen molar-refractivity contribution in [2.75, 3.05) is 13.7 Å². The van der Waals surface area contributed by atoms with Gasteiger partial charge in [0.05, 0.1) is 0 Å². The first-order valence-corrected chi connectivity index (χ1v) is 12.9. The average Bonchev–Trinajstić information content (AvgIpc) is 3.22. The van der Waals surface area contributed by atoms with Gasteiger partial charge in [0.1, 0.15) is 18.1 Å². The molecule has 0 amide bonds. The fourth-order valence-corrected chi connectivity index (χ4v) is 6.45. The maximum Gasteiger partial charge on any atom is 0.344 e. The van der Waals surface area contributed by atoms with Crippen LogP contribution in [-0.4, -0.2) is 48.1 Å². The van der Waals surface area contributed by atoms with E-state index in [-0.39, 0.29) is 31.0 Å². The minimum atomic E-state index is -0.757. The number of esters is 1. The number of carbonyl (C=O) groups is 2. The van der Waals surface area contributed by atoms with Crippen LogP contribution in [0.15, 0.2) is 18.2 Å². The molecular formula is C27H39NO6. The first kappa shape index (κ1) is 25.0. The maximum atomic E-state index is 12.4. The number of carboxylic acids is 1. The standard InChI is InChI=1S/C27H39NO6/c1-28-25(29)12-9-18-7-8-20-15-23-19(14-22(18)20)3-2-4-24(23)33-16-27(32)34-21-10-5-17(6-11-21)13-26(30)31/h2-4,17-18,20-22,25,28-29H,5-16H2,1H3,(H,30,31).